The summed E-state index contributed by atoms with van der Waals surface area (Å²) < 4.78 is 13.4. The molecular formula is C46H63N5O6. The monoisotopic (exact) mass is 781 g/mol. The van der Waals surface area contributed by atoms with Gasteiger partial charge in [-0.05, 0) is 101 Å². The number of piperidine rings is 1. The van der Waals surface area contributed by atoms with Crippen LogP contribution in [0.15, 0.2) is 72.8 Å². The van der Waals surface area contributed by atoms with Crippen molar-refractivity contribution in [1.29, 1.82) is 0 Å². The maximum Gasteiger partial charge on any atom is 0.237 e. The van der Waals surface area contributed by atoms with E-state index in [1.54, 1.807) is 12.1 Å². The van der Waals surface area contributed by atoms with Crippen molar-refractivity contribution in [2.45, 2.75) is 147 Å². The van der Waals surface area contributed by atoms with Crippen LogP contribution in [-0.4, -0.2) is 58.0 Å². The zero-order chi connectivity index (χ0) is 40.4. The number of nitrogens with two attached hydrogens (primary N) is 1. The molecule has 6 atom stereocenters. The Hall–Kier alpha value is -4.29. The van der Waals surface area contributed by atoms with Crippen LogP contribution in [0.1, 0.15) is 133 Å². The van der Waals surface area contributed by atoms with Gasteiger partial charge >= 0.3 is 0 Å². The van der Waals surface area contributed by atoms with E-state index in [0.29, 0.717) is 54.8 Å². The minimum Gasteiger partial charge on any atom is -0.397 e. The molecule has 0 aromatic heterocycles. The lowest BCUT2D eigenvalue weighted by molar-refractivity contribution is -0.255. The molecule has 3 aromatic carbocycles. The molecule has 11 nitrogen and oxygen atoms in total. The Labute approximate surface area is 338 Å². The van der Waals surface area contributed by atoms with Gasteiger partial charge in [-0.25, -0.2) is 0 Å². The van der Waals surface area contributed by atoms with Crippen LogP contribution in [0.3, 0.4) is 0 Å². The van der Waals surface area contributed by atoms with Gasteiger partial charge in [0.25, 0.3) is 0 Å². The van der Waals surface area contributed by atoms with Gasteiger partial charge in [-0.1, -0.05) is 74.2 Å². The van der Waals surface area contributed by atoms with Crippen LogP contribution in [-0.2, 0) is 30.5 Å². The Kier molecular flexibility index (Phi) is 14.8. The average Bonchev–Trinajstić information content (AvgIpc) is 3.19. The number of nitrogen functional groups attached to an aromatic ring is 1. The fraction of sp³-hybridized carbons (Fsp3) is 0.543. The summed E-state index contributed by atoms with van der Waals surface area (Å²) in [5, 5.41) is 18.8. The highest BCUT2D eigenvalue weighted by atomic mass is 16.7. The molecule has 3 fully saturated rings. The van der Waals surface area contributed by atoms with E-state index in [-0.39, 0.29) is 48.1 Å². The van der Waals surface area contributed by atoms with Crippen LogP contribution >= 0.6 is 0 Å². The van der Waals surface area contributed by atoms with Crippen molar-refractivity contribution in [3.8, 4) is 0 Å². The third-order valence-electron chi connectivity index (χ3n) is 11.6. The number of ether oxygens (including phenoxy) is 2. The molecule has 0 bridgehead atoms. The number of likely N-dealkylation sites (tertiary alicyclic amines) is 1. The lowest BCUT2D eigenvalue weighted by Gasteiger charge is -2.50. The molecule has 6 rings (SSSR count). The van der Waals surface area contributed by atoms with Crippen molar-refractivity contribution in [3.05, 3.63) is 89.5 Å². The zero-order valence-corrected chi connectivity index (χ0v) is 34.0. The lowest BCUT2D eigenvalue weighted by atomic mass is 9.75. The molecule has 3 aromatic rings. The van der Waals surface area contributed by atoms with Crippen molar-refractivity contribution in [1.82, 2.24) is 10.2 Å². The van der Waals surface area contributed by atoms with Gasteiger partial charge in [0.2, 0.25) is 17.7 Å². The van der Waals surface area contributed by atoms with Crippen LogP contribution < -0.4 is 21.7 Å². The van der Waals surface area contributed by atoms with E-state index in [4.69, 9.17) is 15.2 Å². The molecule has 0 unspecified atom stereocenters. The Morgan fingerprint density at radius 2 is 1.46 bits per heavy atom. The van der Waals surface area contributed by atoms with E-state index in [2.05, 4.69) is 20.9 Å². The van der Waals surface area contributed by atoms with E-state index in [1.807, 2.05) is 81.4 Å². The number of amides is 3. The highest BCUT2D eigenvalue weighted by Gasteiger charge is 2.44. The van der Waals surface area contributed by atoms with Crippen LogP contribution in [0, 0.1) is 5.92 Å². The number of carbonyl (C=O) groups excluding carboxylic acids is 3. The van der Waals surface area contributed by atoms with E-state index < -0.39 is 6.29 Å². The minimum atomic E-state index is -0.642. The van der Waals surface area contributed by atoms with Gasteiger partial charge in [0.05, 0.1) is 36.2 Å². The number of nitrogens with one attached hydrogen (secondary N) is 3. The second-order valence-electron chi connectivity index (χ2n) is 17.2. The summed E-state index contributed by atoms with van der Waals surface area (Å²) in [7, 11) is 0. The van der Waals surface area contributed by atoms with Gasteiger partial charge in [-0.15, -0.1) is 0 Å². The molecule has 2 heterocycles. The Morgan fingerprint density at radius 3 is 2.14 bits per heavy atom. The number of para-hydroxylation sites is 2. The first kappa shape index (κ1) is 42.3. The summed E-state index contributed by atoms with van der Waals surface area (Å²) in [6.45, 7) is 6.72. The fourth-order valence-electron chi connectivity index (χ4n) is 8.69. The standard InChI is InChI=1S/C46H63N5O6/c1-46(2,3)50-44(55)40-27-24-32-12-8-11-15-39(32)51(40)29-36-28-41(33-20-18-31(30-52)19-21-33)57-45(56-36)34-22-25-35(26-23-34)48-42(53)16-6-4-5-7-17-43(54)49-38-14-10-9-13-37(38)47/h9-10,13-14,18-23,25-26,32,36,39-41,45,52H,4-8,11-12,15-17,24,27-30,47H2,1-3H3,(H,48,53)(H,49,54)(H,50,55)/t32-,36+,39-,40-,41-,45-/m1/s1. The van der Waals surface area contributed by atoms with Gasteiger partial charge in [0.15, 0.2) is 6.29 Å². The van der Waals surface area contributed by atoms with Crippen molar-refractivity contribution in [2.75, 3.05) is 22.9 Å². The van der Waals surface area contributed by atoms with Crippen LogP contribution in [0.4, 0.5) is 17.1 Å². The number of hydrogen-bond donors (Lipinski definition) is 5. The number of hydrogen-bond acceptors (Lipinski definition) is 8. The number of anilines is 3. The number of carbonyl (C=O) groups is 3. The topological polar surface area (TPSA) is 155 Å². The van der Waals surface area contributed by atoms with Crippen LogP contribution in [0.25, 0.3) is 0 Å². The minimum absolute atomic E-state index is 0.0230. The molecular weight excluding hydrogens is 719 g/mol. The number of aliphatic hydroxyl groups excluding tert-OH is 1. The molecule has 3 aliphatic rings. The third-order valence-corrected chi connectivity index (χ3v) is 11.6. The van der Waals surface area contributed by atoms with E-state index in [9.17, 15) is 19.5 Å². The number of fused-ring (bicyclic) bond motifs is 1. The molecule has 2 aliphatic heterocycles. The van der Waals surface area contributed by atoms with E-state index >= 15 is 0 Å². The van der Waals surface area contributed by atoms with Crippen molar-refractivity contribution in [2.24, 2.45) is 5.92 Å². The molecule has 1 saturated carbocycles. The molecule has 2 saturated heterocycles. The van der Waals surface area contributed by atoms with Crippen molar-refractivity contribution < 1.29 is 29.0 Å². The second kappa shape index (κ2) is 19.9. The highest BCUT2D eigenvalue weighted by molar-refractivity contribution is 5.93. The maximum atomic E-state index is 13.8. The molecule has 0 radical (unpaired) electrons. The first-order chi connectivity index (χ1) is 27.5. The number of unbranched alkanes of at least 4 members (excludes halogenated alkanes) is 3. The van der Waals surface area contributed by atoms with Crippen LogP contribution in [0.5, 0.6) is 0 Å². The summed E-state index contributed by atoms with van der Waals surface area (Å²) in [5.41, 5.74) is 10.2. The molecule has 11 heteroatoms. The summed E-state index contributed by atoms with van der Waals surface area (Å²) in [6, 6.07) is 22.9. The van der Waals surface area contributed by atoms with E-state index in [0.717, 1.165) is 61.6 Å². The third kappa shape index (κ3) is 12.1. The first-order valence-electron chi connectivity index (χ1n) is 21.1. The summed E-state index contributed by atoms with van der Waals surface area (Å²) in [5.74, 6) is 0.578. The molecule has 6 N–H and O–H groups in total. The van der Waals surface area contributed by atoms with Crippen molar-refractivity contribution in [3.63, 3.8) is 0 Å². The SMILES string of the molecule is CC(C)(C)NC(=O)[C@H]1CC[C@H]2CCCC[C@H]2N1C[C@@H]1C[C@H](c2ccc(CO)cc2)O[C@H](c2ccc(NC(=O)CCCCCCC(=O)Nc3ccccc3N)cc2)O1. The predicted molar refractivity (Wildman–Crippen MR) is 224 cm³/mol. The molecule has 308 valence electrons. The zero-order valence-electron chi connectivity index (χ0n) is 34.0. The number of aliphatic hydroxyl groups is 1. The molecule has 57 heavy (non-hydrogen) atoms. The Bertz CT molecular complexity index is 1780. The van der Waals surface area contributed by atoms with Gasteiger partial charge < -0.3 is 36.3 Å². The Balaban J connectivity index is 1.06. The maximum absolute atomic E-state index is 13.8. The smallest absolute Gasteiger partial charge is 0.237 e. The van der Waals surface area contributed by atoms with Gasteiger partial charge in [-0.2, -0.15) is 0 Å². The predicted octanol–water partition coefficient (Wildman–Crippen LogP) is 8.16. The quantitative estimate of drug-likeness (QED) is 0.0765. The largest absolute Gasteiger partial charge is 0.397 e. The molecule has 3 amide bonds. The van der Waals surface area contributed by atoms with Crippen LogP contribution in [0.2, 0.25) is 0 Å². The van der Waals surface area contributed by atoms with Gasteiger partial charge in [0.1, 0.15) is 0 Å². The molecule has 0 spiro atoms. The lowest BCUT2D eigenvalue weighted by Crippen LogP contribution is -2.61. The normalized spacial score (nSPS) is 23.9. The highest BCUT2D eigenvalue weighted by Crippen LogP contribution is 2.42. The fourth-order valence-corrected chi connectivity index (χ4v) is 8.69. The summed E-state index contributed by atoms with van der Waals surface area (Å²) in [4.78, 5) is 41.3. The number of rotatable bonds is 15. The first-order valence-corrected chi connectivity index (χ1v) is 21.1. The second-order valence-corrected chi connectivity index (χ2v) is 17.2. The van der Waals surface area contributed by atoms with E-state index in [1.165, 1.54) is 19.3 Å². The number of benzene rings is 3. The van der Waals surface area contributed by atoms with Gasteiger partial charge in [-0.3, -0.25) is 19.3 Å². The molecule has 1 aliphatic carbocycles. The summed E-state index contributed by atoms with van der Waals surface area (Å²) in [6.07, 6.45) is 10.2. The average molecular weight is 782 g/mol. The van der Waals surface area contributed by atoms with Crippen molar-refractivity contribution >= 4 is 34.8 Å². The van der Waals surface area contributed by atoms with Gasteiger partial charge in [0, 0.05) is 48.6 Å². The number of nitrogens with zero attached hydrogens (tertiary/aromatic N) is 1. The summed E-state index contributed by atoms with van der Waals surface area (Å²) >= 11 is 0. The Morgan fingerprint density at radius 1 is 0.789 bits per heavy atom.